The van der Waals surface area contributed by atoms with Gasteiger partial charge in [0.05, 0.1) is 0 Å². The fourth-order valence-electron chi connectivity index (χ4n) is 0.425. The van der Waals surface area contributed by atoms with E-state index < -0.39 is 5.83 Å². The number of allylic oxidation sites excluding steroid dienone is 3. The monoisotopic (exact) mass is 172 g/mol. The summed E-state index contributed by atoms with van der Waals surface area (Å²) in [5.74, 6) is -0.606. The molecule has 0 radical (unpaired) electrons. The first-order valence-electron chi connectivity index (χ1n) is 3.16. The molecule has 0 saturated carbocycles. The highest BCUT2D eigenvalue weighted by molar-refractivity contribution is 5.98. The van der Waals surface area contributed by atoms with Crippen LogP contribution in [0.3, 0.4) is 0 Å². The van der Waals surface area contributed by atoms with E-state index in [0.29, 0.717) is 6.41 Å². The molecule has 0 rings (SSSR count). The lowest BCUT2D eigenvalue weighted by atomic mass is 10.4. The molecule has 0 unspecified atom stereocenters. The van der Waals surface area contributed by atoms with Crippen molar-refractivity contribution in [2.75, 3.05) is 0 Å². The molecule has 0 fully saturated rings. The van der Waals surface area contributed by atoms with Crippen LogP contribution in [0.1, 0.15) is 6.92 Å². The van der Waals surface area contributed by atoms with Gasteiger partial charge >= 0.3 is 0 Å². The lowest BCUT2D eigenvalue weighted by molar-refractivity contribution is -0.108. The first kappa shape index (κ1) is 10.3. The SMILES string of the molecule is C\C=C(F)/C=C\C(=N\O)NC=O. The summed E-state index contributed by atoms with van der Waals surface area (Å²) in [6.07, 6.45) is 3.74. The van der Waals surface area contributed by atoms with Crippen LogP contribution in [0.25, 0.3) is 0 Å². The third kappa shape index (κ3) is 4.21. The molecule has 5 heteroatoms. The van der Waals surface area contributed by atoms with Gasteiger partial charge < -0.3 is 10.5 Å². The van der Waals surface area contributed by atoms with E-state index in [0.717, 1.165) is 12.2 Å². The second-order valence-electron chi connectivity index (χ2n) is 1.75. The molecule has 0 aliphatic carbocycles. The predicted molar refractivity (Wildman–Crippen MR) is 42.4 cm³/mol. The topological polar surface area (TPSA) is 61.7 Å². The van der Waals surface area contributed by atoms with Gasteiger partial charge in [0.2, 0.25) is 6.41 Å². The van der Waals surface area contributed by atoms with Gasteiger partial charge in [0.1, 0.15) is 5.83 Å². The van der Waals surface area contributed by atoms with E-state index in [9.17, 15) is 9.18 Å². The van der Waals surface area contributed by atoms with Crippen LogP contribution in [-0.2, 0) is 4.79 Å². The number of rotatable bonds is 3. The molecule has 12 heavy (non-hydrogen) atoms. The summed E-state index contributed by atoms with van der Waals surface area (Å²) in [4.78, 5) is 9.84. The van der Waals surface area contributed by atoms with Gasteiger partial charge in [0.25, 0.3) is 0 Å². The molecule has 0 atom stereocenters. The fraction of sp³-hybridized carbons (Fsp3) is 0.143. The van der Waals surface area contributed by atoms with Crippen LogP contribution < -0.4 is 5.32 Å². The third-order valence-electron chi connectivity index (χ3n) is 0.991. The zero-order chi connectivity index (χ0) is 9.40. The van der Waals surface area contributed by atoms with Crippen molar-refractivity contribution in [1.29, 1.82) is 0 Å². The molecular formula is C7H9FN2O2. The predicted octanol–water partition coefficient (Wildman–Crippen LogP) is 0.950. The third-order valence-corrected chi connectivity index (χ3v) is 0.991. The summed E-state index contributed by atoms with van der Waals surface area (Å²) in [7, 11) is 0. The molecule has 0 saturated heterocycles. The minimum Gasteiger partial charge on any atom is -0.409 e. The van der Waals surface area contributed by atoms with Gasteiger partial charge in [-0.2, -0.15) is 0 Å². The number of carbonyl (C=O) groups excluding carboxylic acids is 1. The molecule has 0 aromatic carbocycles. The summed E-state index contributed by atoms with van der Waals surface area (Å²) < 4.78 is 12.4. The van der Waals surface area contributed by atoms with Crippen molar-refractivity contribution in [2.24, 2.45) is 5.16 Å². The van der Waals surface area contributed by atoms with Crippen LogP contribution in [0, 0.1) is 0 Å². The molecule has 66 valence electrons. The van der Waals surface area contributed by atoms with Crippen LogP contribution in [-0.4, -0.2) is 17.5 Å². The van der Waals surface area contributed by atoms with E-state index in [1.165, 1.54) is 13.0 Å². The van der Waals surface area contributed by atoms with Crippen LogP contribution >= 0.6 is 0 Å². The van der Waals surface area contributed by atoms with Crippen molar-refractivity contribution in [3.05, 3.63) is 24.1 Å². The molecule has 0 aliphatic heterocycles. The summed E-state index contributed by atoms with van der Waals surface area (Å²) in [5, 5.41) is 12.9. The van der Waals surface area contributed by atoms with Gasteiger partial charge in [0.15, 0.2) is 5.84 Å². The largest absolute Gasteiger partial charge is 0.409 e. The lowest BCUT2D eigenvalue weighted by Crippen LogP contribution is -2.18. The zero-order valence-electron chi connectivity index (χ0n) is 6.49. The van der Waals surface area contributed by atoms with Gasteiger partial charge in [-0.1, -0.05) is 11.2 Å². The van der Waals surface area contributed by atoms with Crippen LogP contribution in [0.2, 0.25) is 0 Å². The molecule has 4 nitrogen and oxygen atoms in total. The van der Waals surface area contributed by atoms with E-state index >= 15 is 0 Å². The Balaban J connectivity index is 4.21. The zero-order valence-corrected chi connectivity index (χ0v) is 6.49. The number of nitrogens with one attached hydrogen (secondary N) is 1. The quantitative estimate of drug-likeness (QED) is 0.166. The summed E-state index contributed by atoms with van der Waals surface area (Å²) >= 11 is 0. The molecule has 0 aliphatic rings. The minimum atomic E-state index is -0.483. The number of carbonyl (C=O) groups is 1. The average Bonchev–Trinajstić information content (AvgIpc) is 2.11. The van der Waals surface area contributed by atoms with Crippen molar-refractivity contribution >= 4 is 12.2 Å². The fourth-order valence-corrected chi connectivity index (χ4v) is 0.425. The minimum absolute atomic E-state index is 0.123. The summed E-state index contributed by atoms with van der Waals surface area (Å²) in [6.45, 7) is 1.52. The summed E-state index contributed by atoms with van der Waals surface area (Å²) in [5.41, 5.74) is 0. The molecule has 0 bridgehead atoms. The van der Waals surface area contributed by atoms with E-state index in [-0.39, 0.29) is 5.84 Å². The average molecular weight is 172 g/mol. The smallest absolute Gasteiger partial charge is 0.212 e. The molecule has 0 spiro atoms. The van der Waals surface area contributed by atoms with Crippen molar-refractivity contribution in [3.8, 4) is 0 Å². The highest BCUT2D eigenvalue weighted by Gasteiger charge is 1.91. The molecule has 0 aromatic rings. The second kappa shape index (κ2) is 6.09. The maximum atomic E-state index is 12.4. The van der Waals surface area contributed by atoms with Crippen molar-refractivity contribution in [2.45, 2.75) is 6.92 Å². The van der Waals surface area contributed by atoms with E-state index in [1.54, 1.807) is 0 Å². The van der Waals surface area contributed by atoms with Crippen LogP contribution in [0.4, 0.5) is 4.39 Å². The Morgan fingerprint density at radius 3 is 2.67 bits per heavy atom. The number of amidine groups is 1. The van der Waals surface area contributed by atoms with Gasteiger partial charge in [-0.05, 0) is 19.1 Å². The van der Waals surface area contributed by atoms with E-state index in [4.69, 9.17) is 5.21 Å². The first-order chi connectivity index (χ1) is 5.74. The number of halogens is 1. The molecular weight excluding hydrogens is 163 g/mol. The van der Waals surface area contributed by atoms with Crippen molar-refractivity contribution in [3.63, 3.8) is 0 Å². The van der Waals surface area contributed by atoms with Gasteiger partial charge in [-0.25, -0.2) is 4.39 Å². The number of hydrogen-bond donors (Lipinski definition) is 2. The second-order valence-corrected chi connectivity index (χ2v) is 1.75. The Hall–Kier alpha value is -1.65. The Morgan fingerprint density at radius 2 is 2.25 bits per heavy atom. The van der Waals surface area contributed by atoms with Crippen molar-refractivity contribution < 1.29 is 14.4 Å². The number of hydrogen-bond acceptors (Lipinski definition) is 3. The Bertz CT molecular complexity index is 234. The number of amides is 1. The lowest BCUT2D eigenvalue weighted by Gasteiger charge is -1.92. The number of oxime groups is 1. The Morgan fingerprint density at radius 1 is 1.58 bits per heavy atom. The molecule has 1 amide bonds. The van der Waals surface area contributed by atoms with Gasteiger partial charge in [-0.3, -0.25) is 4.79 Å². The standard InChI is InChI=1S/C7H9FN2O2/c1-2-6(8)3-4-7(10-12)9-5-11/h2-5,12H,1H3,(H,9,10,11)/b4-3-,6-2+. The Labute approximate surface area is 69.1 Å². The highest BCUT2D eigenvalue weighted by Crippen LogP contribution is 1.96. The molecule has 2 N–H and O–H groups in total. The van der Waals surface area contributed by atoms with Crippen LogP contribution in [0.15, 0.2) is 29.2 Å². The van der Waals surface area contributed by atoms with Crippen LogP contribution in [0.5, 0.6) is 0 Å². The van der Waals surface area contributed by atoms with E-state index in [2.05, 4.69) is 10.5 Å². The van der Waals surface area contributed by atoms with Gasteiger partial charge in [0, 0.05) is 0 Å². The maximum Gasteiger partial charge on any atom is 0.212 e. The van der Waals surface area contributed by atoms with Gasteiger partial charge in [-0.15, -0.1) is 0 Å². The number of nitrogens with zero attached hydrogens (tertiary/aromatic N) is 1. The highest BCUT2D eigenvalue weighted by atomic mass is 19.1. The first-order valence-corrected chi connectivity index (χ1v) is 3.16. The van der Waals surface area contributed by atoms with Crippen molar-refractivity contribution in [1.82, 2.24) is 5.32 Å². The Kier molecular flexibility index (Phi) is 5.25. The molecule has 0 aromatic heterocycles. The molecule has 0 heterocycles. The van der Waals surface area contributed by atoms with E-state index in [1.807, 2.05) is 0 Å². The summed E-state index contributed by atoms with van der Waals surface area (Å²) in [6, 6.07) is 0. The normalized spacial score (nSPS) is 13.5. The maximum absolute atomic E-state index is 12.4.